The molecule has 0 aromatic heterocycles. The summed E-state index contributed by atoms with van der Waals surface area (Å²) in [6, 6.07) is 11.0. The van der Waals surface area contributed by atoms with E-state index in [1.807, 2.05) is 0 Å². The van der Waals surface area contributed by atoms with Gasteiger partial charge in [-0.05, 0) is 65.2 Å². The van der Waals surface area contributed by atoms with Crippen molar-refractivity contribution >= 4 is 30.1 Å². The number of carbonyl (C=O) groups is 3. The average molecular weight is 538 g/mol. The molecule has 3 rings (SSSR count). The van der Waals surface area contributed by atoms with Gasteiger partial charge >= 0.3 is 17.9 Å². The summed E-state index contributed by atoms with van der Waals surface area (Å²) in [6.07, 6.45) is 1.32. The Balaban J connectivity index is 1.69. The highest BCUT2D eigenvalue weighted by atomic mass is 16.6. The number of phenolic OH excluding ortho intramolecular Hbond substituents is 5. The maximum atomic E-state index is 12.2. The van der Waals surface area contributed by atoms with E-state index in [1.54, 1.807) is 0 Å². The third-order valence-corrected chi connectivity index (χ3v) is 5.12. The summed E-state index contributed by atoms with van der Waals surface area (Å²) >= 11 is 0. The van der Waals surface area contributed by atoms with Gasteiger partial charge in [-0.3, -0.25) is 0 Å². The summed E-state index contributed by atoms with van der Waals surface area (Å²) in [5.74, 6) is -6.98. The van der Waals surface area contributed by atoms with Crippen LogP contribution in [0.4, 0.5) is 0 Å². The van der Waals surface area contributed by atoms with Crippen LogP contribution in [0.3, 0.4) is 0 Å². The highest BCUT2D eigenvalue weighted by Crippen LogP contribution is 2.31. The lowest BCUT2D eigenvalue weighted by atomic mass is 10.1. The molecule has 12 heteroatoms. The molecule has 0 radical (unpaired) electrons. The number of hydrogen-bond donors (Lipinski definition) is 7. The Morgan fingerprint density at radius 3 is 1.95 bits per heavy atom. The fraction of sp³-hybridized carbons (Fsp3) is 0.0741. The van der Waals surface area contributed by atoms with Crippen LogP contribution >= 0.6 is 0 Å². The SMILES string of the molecule is O=C(/C=C/c1ccc(O/C(=C\c2ccc(O)c(O)c2)C(=O)O)c(O)c1)OC(Cc1ccc(O)c(O)c1)C(=O)O. The smallest absolute Gasteiger partial charge is 0.371 e. The first-order chi connectivity index (χ1) is 18.4. The topological polar surface area (TPSA) is 211 Å². The highest BCUT2D eigenvalue weighted by molar-refractivity contribution is 5.91. The largest absolute Gasteiger partial charge is 0.504 e. The zero-order valence-corrected chi connectivity index (χ0v) is 19.9. The normalized spacial score (nSPS) is 12.2. The van der Waals surface area contributed by atoms with Crippen molar-refractivity contribution in [3.8, 4) is 34.5 Å². The number of carbonyl (C=O) groups excluding carboxylic acids is 1. The lowest BCUT2D eigenvalue weighted by molar-refractivity contribution is -0.160. The molecule has 0 heterocycles. The lowest BCUT2D eigenvalue weighted by Crippen LogP contribution is -2.28. The Kier molecular flexibility index (Phi) is 8.64. The van der Waals surface area contributed by atoms with Gasteiger partial charge in [-0.25, -0.2) is 14.4 Å². The molecular formula is C27H22O12. The van der Waals surface area contributed by atoms with E-state index in [9.17, 15) is 50.1 Å². The van der Waals surface area contributed by atoms with E-state index < -0.39 is 58.5 Å². The Bertz CT molecular complexity index is 1470. The molecule has 202 valence electrons. The summed E-state index contributed by atoms with van der Waals surface area (Å²) < 4.78 is 10.2. The first kappa shape index (κ1) is 27.9. The summed E-state index contributed by atoms with van der Waals surface area (Å²) in [5, 5.41) is 66.9. The lowest BCUT2D eigenvalue weighted by Gasteiger charge is -2.13. The van der Waals surface area contributed by atoms with Gasteiger partial charge in [0, 0.05) is 12.5 Å². The summed E-state index contributed by atoms with van der Waals surface area (Å²) in [5.41, 5.74) is 0.755. The third-order valence-electron chi connectivity index (χ3n) is 5.12. The van der Waals surface area contributed by atoms with E-state index in [0.717, 1.165) is 36.4 Å². The number of rotatable bonds is 10. The number of aromatic hydroxyl groups is 5. The van der Waals surface area contributed by atoms with Gasteiger partial charge in [0.05, 0.1) is 0 Å². The quantitative estimate of drug-likeness (QED) is 0.0859. The van der Waals surface area contributed by atoms with Gasteiger partial charge in [0.1, 0.15) is 0 Å². The fourth-order valence-electron chi connectivity index (χ4n) is 3.19. The van der Waals surface area contributed by atoms with Crippen LogP contribution in [-0.2, 0) is 25.5 Å². The zero-order valence-electron chi connectivity index (χ0n) is 19.9. The van der Waals surface area contributed by atoms with Crippen LogP contribution in [0.2, 0.25) is 0 Å². The number of ether oxygens (including phenoxy) is 2. The van der Waals surface area contributed by atoms with Crippen LogP contribution in [0.25, 0.3) is 12.2 Å². The van der Waals surface area contributed by atoms with Crippen molar-refractivity contribution in [1.29, 1.82) is 0 Å². The van der Waals surface area contributed by atoms with Crippen molar-refractivity contribution in [3.63, 3.8) is 0 Å². The molecule has 12 nitrogen and oxygen atoms in total. The maximum Gasteiger partial charge on any atom is 0.371 e. The Labute approximate surface area is 220 Å². The van der Waals surface area contributed by atoms with E-state index in [4.69, 9.17) is 9.47 Å². The molecule has 3 aromatic carbocycles. The van der Waals surface area contributed by atoms with Crippen molar-refractivity contribution in [2.45, 2.75) is 12.5 Å². The first-order valence-electron chi connectivity index (χ1n) is 11.0. The number of hydrogen-bond acceptors (Lipinski definition) is 10. The van der Waals surface area contributed by atoms with Gasteiger partial charge in [-0.2, -0.15) is 0 Å². The molecule has 1 unspecified atom stereocenters. The van der Waals surface area contributed by atoms with Gasteiger partial charge in [0.15, 0.2) is 34.5 Å². The van der Waals surface area contributed by atoms with Crippen LogP contribution < -0.4 is 4.74 Å². The molecule has 0 saturated heterocycles. The summed E-state index contributed by atoms with van der Waals surface area (Å²) in [7, 11) is 0. The molecule has 3 aromatic rings. The van der Waals surface area contributed by atoms with Gasteiger partial charge in [-0.1, -0.05) is 18.2 Å². The standard InChI is InChI=1S/C27H22O12/c28-17-5-1-15(10-19(17)30)12-23(26(34)35)38-22-7-3-14(9-21(22)32)4-8-25(33)39-24(27(36)37)13-16-2-6-18(29)20(31)11-16/h1-12,24,28-32H,13H2,(H,34,35)(H,36,37)/b8-4+,23-12-. The molecule has 0 saturated carbocycles. The van der Waals surface area contributed by atoms with E-state index in [2.05, 4.69) is 0 Å². The monoisotopic (exact) mass is 538 g/mol. The number of benzene rings is 3. The molecule has 0 aliphatic rings. The van der Waals surface area contributed by atoms with Gasteiger partial charge in [-0.15, -0.1) is 0 Å². The number of carboxylic acids is 2. The Morgan fingerprint density at radius 1 is 0.744 bits per heavy atom. The number of carboxylic acid groups (broad SMARTS) is 2. The van der Waals surface area contributed by atoms with Crippen molar-refractivity contribution in [1.82, 2.24) is 0 Å². The highest BCUT2D eigenvalue weighted by Gasteiger charge is 2.22. The number of phenols is 5. The zero-order chi connectivity index (χ0) is 28.7. The maximum absolute atomic E-state index is 12.2. The predicted molar refractivity (Wildman–Crippen MR) is 134 cm³/mol. The van der Waals surface area contributed by atoms with Gasteiger partial charge in [0.25, 0.3) is 0 Å². The van der Waals surface area contributed by atoms with Crippen LogP contribution in [-0.4, -0.2) is 59.8 Å². The average Bonchev–Trinajstić information content (AvgIpc) is 2.87. The van der Waals surface area contributed by atoms with Crippen LogP contribution in [0.15, 0.2) is 66.4 Å². The van der Waals surface area contributed by atoms with Crippen molar-refractivity contribution in [2.24, 2.45) is 0 Å². The second kappa shape index (κ2) is 12.1. The molecule has 0 aliphatic heterocycles. The molecule has 39 heavy (non-hydrogen) atoms. The van der Waals surface area contributed by atoms with Gasteiger partial charge < -0.3 is 45.2 Å². The van der Waals surface area contributed by atoms with E-state index in [0.29, 0.717) is 5.56 Å². The Morgan fingerprint density at radius 2 is 1.36 bits per heavy atom. The van der Waals surface area contributed by atoms with E-state index in [-0.39, 0.29) is 23.3 Å². The van der Waals surface area contributed by atoms with Crippen molar-refractivity contribution < 1.29 is 59.6 Å². The Hall–Kier alpha value is -5.65. The molecule has 0 fully saturated rings. The fourth-order valence-corrected chi connectivity index (χ4v) is 3.19. The minimum atomic E-state index is -1.59. The molecule has 0 spiro atoms. The van der Waals surface area contributed by atoms with Crippen molar-refractivity contribution in [2.75, 3.05) is 0 Å². The van der Waals surface area contributed by atoms with Crippen LogP contribution in [0.1, 0.15) is 16.7 Å². The molecule has 7 N–H and O–H groups in total. The summed E-state index contributed by atoms with van der Waals surface area (Å²) in [4.78, 5) is 35.3. The van der Waals surface area contributed by atoms with Crippen molar-refractivity contribution in [3.05, 3.63) is 83.1 Å². The first-order valence-corrected chi connectivity index (χ1v) is 11.0. The molecule has 0 aliphatic carbocycles. The third kappa shape index (κ3) is 7.67. The number of esters is 1. The van der Waals surface area contributed by atoms with E-state index in [1.165, 1.54) is 36.4 Å². The molecular weight excluding hydrogens is 516 g/mol. The predicted octanol–water partition coefficient (Wildman–Crippen LogP) is 2.97. The second-order valence-electron chi connectivity index (χ2n) is 8.02. The minimum Gasteiger partial charge on any atom is -0.504 e. The minimum absolute atomic E-state index is 0.196. The summed E-state index contributed by atoms with van der Waals surface area (Å²) in [6.45, 7) is 0. The van der Waals surface area contributed by atoms with Gasteiger partial charge in [0.2, 0.25) is 11.9 Å². The second-order valence-corrected chi connectivity index (χ2v) is 8.02. The van der Waals surface area contributed by atoms with Crippen LogP contribution in [0.5, 0.6) is 34.5 Å². The molecule has 0 amide bonds. The molecule has 0 bridgehead atoms. The van der Waals surface area contributed by atoms with Crippen LogP contribution in [0, 0.1) is 0 Å². The van der Waals surface area contributed by atoms with E-state index >= 15 is 0 Å². The number of aliphatic carboxylic acids is 2. The molecule has 1 atom stereocenters.